The molecule has 24 heavy (non-hydrogen) atoms. The van der Waals surface area contributed by atoms with Gasteiger partial charge in [-0.15, -0.1) is 0 Å². The quantitative estimate of drug-likeness (QED) is 0.813. The molecule has 0 radical (unpaired) electrons. The van der Waals surface area contributed by atoms with Crippen molar-refractivity contribution in [3.8, 4) is 0 Å². The lowest BCUT2D eigenvalue weighted by Crippen LogP contribution is -2.47. The van der Waals surface area contributed by atoms with Crippen molar-refractivity contribution in [1.29, 1.82) is 0 Å². The first kappa shape index (κ1) is 17.9. The molecule has 2 amide bonds. The van der Waals surface area contributed by atoms with Gasteiger partial charge in [-0.3, -0.25) is 14.3 Å². The van der Waals surface area contributed by atoms with Gasteiger partial charge in [0, 0.05) is 11.9 Å². The molecule has 1 heterocycles. The summed E-state index contributed by atoms with van der Waals surface area (Å²) in [5, 5.41) is 7.35. The van der Waals surface area contributed by atoms with Crippen LogP contribution < -0.4 is 11.1 Å². The molecule has 2 aromatic rings. The van der Waals surface area contributed by atoms with Crippen LogP contribution >= 0.6 is 0 Å². The third-order valence-corrected chi connectivity index (χ3v) is 3.91. The SMILES string of the molecule is CCCCn1nc(C(=O)NC(C(N)=O)C(C)C)c2cc(F)ccc21. The van der Waals surface area contributed by atoms with Gasteiger partial charge in [0.1, 0.15) is 11.9 Å². The van der Waals surface area contributed by atoms with Crippen LogP contribution in [0.2, 0.25) is 0 Å². The van der Waals surface area contributed by atoms with Crippen LogP contribution in [-0.4, -0.2) is 27.6 Å². The first-order chi connectivity index (χ1) is 11.3. The van der Waals surface area contributed by atoms with Crippen molar-refractivity contribution in [1.82, 2.24) is 15.1 Å². The molecule has 0 saturated carbocycles. The molecular weight excluding hydrogens is 311 g/mol. The van der Waals surface area contributed by atoms with E-state index in [-0.39, 0.29) is 11.6 Å². The molecule has 3 N–H and O–H groups in total. The molecule has 1 atom stereocenters. The van der Waals surface area contributed by atoms with Crippen LogP contribution in [0, 0.1) is 11.7 Å². The highest BCUT2D eigenvalue weighted by Crippen LogP contribution is 2.21. The Labute approximate surface area is 140 Å². The van der Waals surface area contributed by atoms with Crippen LogP contribution in [0.5, 0.6) is 0 Å². The number of carbonyl (C=O) groups is 2. The van der Waals surface area contributed by atoms with Crippen LogP contribution in [0.1, 0.15) is 44.1 Å². The predicted octanol–water partition coefficient (Wildman–Crippen LogP) is 2.22. The normalized spacial score (nSPS) is 12.5. The fraction of sp³-hybridized carbons (Fsp3) is 0.471. The molecule has 0 aliphatic heterocycles. The molecule has 7 heteroatoms. The third kappa shape index (κ3) is 3.72. The Balaban J connectivity index is 2.41. The number of aryl methyl sites for hydroxylation is 1. The van der Waals surface area contributed by atoms with Gasteiger partial charge in [0.05, 0.1) is 5.52 Å². The number of hydrogen-bond donors (Lipinski definition) is 2. The molecule has 1 unspecified atom stereocenters. The Morgan fingerprint density at radius 2 is 2.08 bits per heavy atom. The van der Waals surface area contributed by atoms with Gasteiger partial charge in [-0.2, -0.15) is 5.10 Å². The summed E-state index contributed by atoms with van der Waals surface area (Å²) in [6.45, 7) is 6.26. The number of aromatic nitrogens is 2. The van der Waals surface area contributed by atoms with E-state index in [1.165, 1.54) is 12.1 Å². The largest absolute Gasteiger partial charge is 0.368 e. The zero-order valence-electron chi connectivity index (χ0n) is 14.2. The molecule has 1 aromatic heterocycles. The molecule has 0 saturated heterocycles. The van der Waals surface area contributed by atoms with Crippen LogP contribution in [0.3, 0.4) is 0 Å². The number of rotatable bonds is 7. The first-order valence-corrected chi connectivity index (χ1v) is 8.11. The van der Waals surface area contributed by atoms with E-state index >= 15 is 0 Å². The summed E-state index contributed by atoms with van der Waals surface area (Å²) < 4.78 is 15.3. The second-order valence-corrected chi connectivity index (χ2v) is 6.18. The molecule has 2 rings (SSSR count). The summed E-state index contributed by atoms with van der Waals surface area (Å²) in [4.78, 5) is 24.1. The van der Waals surface area contributed by atoms with Gasteiger partial charge in [-0.1, -0.05) is 27.2 Å². The second kappa shape index (κ2) is 7.42. The number of halogens is 1. The summed E-state index contributed by atoms with van der Waals surface area (Å²) in [6, 6.07) is 3.43. The summed E-state index contributed by atoms with van der Waals surface area (Å²) in [7, 11) is 0. The van der Waals surface area contributed by atoms with Gasteiger partial charge in [0.15, 0.2) is 5.69 Å². The molecule has 0 aliphatic rings. The average molecular weight is 334 g/mol. The van der Waals surface area contributed by atoms with E-state index in [0.717, 1.165) is 12.8 Å². The molecule has 6 nitrogen and oxygen atoms in total. The monoisotopic (exact) mass is 334 g/mol. The standard InChI is InChI=1S/C17H23FN4O2/c1-4-5-8-22-13-7-6-11(18)9-12(13)15(21-22)17(24)20-14(10(2)3)16(19)23/h6-7,9-10,14H,4-5,8H2,1-3H3,(H2,19,23)(H,20,24). The van der Waals surface area contributed by atoms with Crippen molar-refractivity contribution >= 4 is 22.7 Å². The number of nitrogens with two attached hydrogens (primary N) is 1. The Morgan fingerprint density at radius 1 is 1.38 bits per heavy atom. The van der Waals surface area contributed by atoms with Crippen molar-refractivity contribution in [2.45, 2.75) is 46.2 Å². The molecule has 0 bridgehead atoms. The lowest BCUT2D eigenvalue weighted by molar-refractivity contribution is -0.120. The molecule has 0 aliphatic carbocycles. The van der Waals surface area contributed by atoms with Crippen LogP contribution in [0.15, 0.2) is 18.2 Å². The zero-order chi connectivity index (χ0) is 17.9. The van der Waals surface area contributed by atoms with Gasteiger partial charge in [-0.25, -0.2) is 4.39 Å². The fourth-order valence-corrected chi connectivity index (χ4v) is 2.57. The van der Waals surface area contributed by atoms with Gasteiger partial charge < -0.3 is 11.1 Å². The Kier molecular flexibility index (Phi) is 5.54. The number of amides is 2. The number of nitrogens with zero attached hydrogens (tertiary/aromatic N) is 2. The predicted molar refractivity (Wildman–Crippen MR) is 89.9 cm³/mol. The molecule has 0 fully saturated rings. The van der Waals surface area contributed by atoms with Crippen molar-refractivity contribution in [3.63, 3.8) is 0 Å². The number of fused-ring (bicyclic) bond motifs is 1. The lowest BCUT2D eigenvalue weighted by Gasteiger charge is -2.18. The van der Waals surface area contributed by atoms with Crippen LogP contribution in [0.25, 0.3) is 10.9 Å². The summed E-state index contributed by atoms with van der Waals surface area (Å²) >= 11 is 0. The van der Waals surface area contributed by atoms with Gasteiger partial charge >= 0.3 is 0 Å². The van der Waals surface area contributed by atoms with Gasteiger partial charge in [0.25, 0.3) is 5.91 Å². The average Bonchev–Trinajstić information content (AvgIpc) is 2.87. The zero-order valence-corrected chi connectivity index (χ0v) is 14.2. The highest BCUT2D eigenvalue weighted by Gasteiger charge is 2.25. The number of carbonyl (C=O) groups excluding carboxylic acids is 2. The molecule has 1 aromatic carbocycles. The van der Waals surface area contributed by atoms with Crippen molar-refractivity contribution < 1.29 is 14.0 Å². The van der Waals surface area contributed by atoms with Crippen LogP contribution in [0.4, 0.5) is 4.39 Å². The lowest BCUT2D eigenvalue weighted by atomic mass is 10.0. The fourth-order valence-electron chi connectivity index (χ4n) is 2.57. The van der Waals surface area contributed by atoms with E-state index in [1.807, 2.05) is 0 Å². The Bertz CT molecular complexity index is 754. The molecular formula is C17H23FN4O2. The topological polar surface area (TPSA) is 90.0 Å². The van der Waals surface area contributed by atoms with E-state index in [4.69, 9.17) is 5.73 Å². The minimum atomic E-state index is -0.804. The second-order valence-electron chi connectivity index (χ2n) is 6.18. The highest BCUT2D eigenvalue weighted by atomic mass is 19.1. The number of hydrogen-bond acceptors (Lipinski definition) is 3. The minimum Gasteiger partial charge on any atom is -0.368 e. The molecule has 130 valence electrons. The van der Waals surface area contributed by atoms with Gasteiger partial charge in [0.2, 0.25) is 5.91 Å². The van der Waals surface area contributed by atoms with Crippen LogP contribution in [-0.2, 0) is 11.3 Å². The number of nitrogens with one attached hydrogen (secondary N) is 1. The van der Waals surface area contributed by atoms with E-state index in [1.54, 1.807) is 24.6 Å². The van der Waals surface area contributed by atoms with Crippen molar-refractivity contribution in [3.05, 3.63) is 29.7 Å². The van der Waals surface area contributed by atoms with E-state index in [0.29, 0.717) is 17.4 Å². The van der Waals surface area contributed by atoms with E-state index in [9.17, 15) is 14.0 Å². The van der Waals surface area contributed by atoms with Gasteiger partial charge in [-0.05, 0) is 30.5 Å². The maximum absolute atomic E-state index is 13.6. The number of primary amides is 1. The van der Waals surface area contributed by atoms with Crippen molar-refractivity contribution in [2.24, 2.45) is 11.7 Å². The highest BCUT2D eigenvalue weighted by molar-refractivity contribution is 6.06. The number of unbranched alkanes of at least 4 members (excludes halogenated alkanes) is 1. The summed E-state index contributed by atoms with van der Waals surface area (Å²) in [5.74, 6) is -1.74. The minimum absolute atomic E-state index is 0.104. The van der Waals surface area contributed by atoms with E-state index in [2.05, 4.69) is 17.3 Å². The van der Waals surface area contributed by atoms with Crippen molar-refractivity contribution in [2.75, 3.05) is 0 Å². The maximum Gasteiger partial charge on any atom is 0.273 e. The molecule has 0 spiro atoms. The first-order valence-electron chi connectivity index (χ1n) is 8.11. The maximum atomic E-state index is 13.6. The summed E-state index contributed by atoms with van der Waals surface area (Å²) in [5.41, 5.74) is 6.13. The van der Waals surface area contributed by atoms with E-state index < -0.39 is 23.7 Å². The number of benzene rings is 1. The smallest absolute Gasteiger partial charge is 0.273 e. The third-order valence-electron chi connectivity index (χ3n) is 3.91. The summed E-state index contributed by atoms with van der Waals surface area (Å²) in [6.07, 6.45) is 1.87. The Morgan fingerprint density at radius 3 is 2.67 bits per heavy atom. The Hall–Kier alpha value is -2.44.